The van der Waals surface area contributed by atoms with Gasteiger partial charge < -0.3 is 0 Å². The van der Waals surface area contributed by atoms with E-state index in [4.69, 9.17) is 0 Å². The van der Waals surface area contributed by atoms with Crippen LogP contribution >= 0.6 is 0 Å². The van der Waals surface area contributed by atoms with Crippen molar-refractivity contribution in [3.05, 3.63) is 66.4 Å². The zero-order valence-corrected chi connectivity index (χ0v) is 13.8. The molecule has 2 aromatic carbocycles. The largest absolute Gasteiger partial charge is 0.220 e. The number of fused-ring (bicyclic) bond motifs is 5. The van der Waals surface area contributed by atoms with Gasteiger partial charge in [0.2, 0.25) is 5.69 Å². The van der Waals surface area contributed by atoms with E-state index in [0.717, 1.165) is 6.54 Å². The second-order valence-electron chi connectivity index (χ2n) is 6.68. The van der Waals surface area contributed by atoms with Crippen molar-refractivity contribution in [1.29, 1.82) is 0 Å². The molecule has 0 spiro atoms. The van der Waals surface area contributed by atoms with Crippen LogP contribution in [0.5, 0.6) is 0 Å². The molecule has 0 radical (unpaired) electrons. The van der Waals surface area contributed by atoms with Gasteiger partial charge in [0.25, 0.3) is 0 Å². The summed E-state index contributed by atoms with van der Waals surface area (Å²) in [4.78, 5) is 0. The van der Waals surface area contributed by atoms with E-state index >= 15 is 0 Å². The van der Waals surface area contributed by atoms with Gasteiger partial charge in [-0.15, -0.1) is 0 Å². The van der Waals surface area contributed by atoms with E-state index < -0.39 is 0 Å². The Morgan fingerprint density at radius 2 is 1.78 bits per heavy atom. The lowest BCUT2D eigenvalue weighted by Gasteiger charge is -2.24. The highest BCUT2D eigenvalue weighted by Gasteiger charge is 2.31. The Labute approximate surface area is 138 Å². The highest BCUT2D eigenvalue weighted by molar-refractivity contribution is 5.93. The Kier molecular flexibility index (Phi) is 3.87. The van der Waals surface area contributed by atoms with E-state index in [9.17, 15) is 0 Å². The molecule has 116 valence electrons. The van der Waals surface area contributed by atoms with E-state index in [1.54, 1.807) is 5.56 Å². The molecule has 0 N–H and O–H groups in total. The first-order valence-electron chi connectivity index (χ1n) is 8.89. The average Bonchev–Trinajstić information content (AvgIpc) is 2.61. The number of nitrogens with zero attached hydrogens (tertiary/aromatic N) is 1. The molecule has 3 aromatic rings. The molecule has 1 unspecified atom stereocenters. The van der Waals surface area contributed by atoms with Crippen molar-refractivity contribution in [3.8, 4) is 11.3 Å². The van der Waals surface area contributed by atoms with E-state index in [-0.39, 0.29) is 0 Å². The summed E-state index contributed by atoms with van der Waals surface area (Å²) in [5, 5.41) is 2.70. The maximum atomic E-state index is 2.47. The van der Waals surface area contributed by atoms with Crippen LogP contribution in [0.15, 0.2) is 60.8 Å². The van der Waals surface area contributed by atoms with Crippen molar-refractivity contribution in [2.24, 2.45) is 0 Å². The fraction of sp³-hybridized carbons (Fsp3) is 0.318. The molecule has 23 heavy (non-hydrogen) atoms. The summed E-state index contributed by atoms with van der Waals surface area (Å²) in [5.74, 6) is 0.649. The quantitative estimate of drug-likeness (QED) is 0.444. The van der Waals surface area contributed by atoms with Crippen molar-refractivity contribution in [2.45, 2.75) is 45.1 Å². The van der Waals surface area contributed by atoms with E-state index in [1.807, 2.05) is 0 Å². The molecule has 1 aliphatic rings. The third-order valence-corrected chi connectivity index (χ3v) is 5.17. The molecule has 1 aliphatic heterocycles. The van der Waals surface area contributed by atoms with Gasteiger partial charge >= 0.3 is 0 Å². The fourth-order valence-electron chi connectivity index (χ4n) is 4.00. The molecule has 4 rings (SSSR count). The minimum Gasteiger partial charge on any atom is -0.197 e. The van der Waals surface area contributed by atoms with Crippen molar-refractivity contribution in [1.82, 2.24) is 0 Å². The summed E-state index contributed by atoms with van der Waals surface area (Å²) in [7, 11) is 0. The molecule has 2 heterocycles. The Bertz CT molecular complexity index is 834. The predicted molar refractivity (Wildman–Crippen MR) is 96.5 cm³/mol. The van der Waals surface area contributed by atoms with Gasteiger partial charge in [-0.05, 0) is 29.5 Å². The Balaban J connectivity index is 1.84. The zero-order valence-electron chi connectivity index (χ0n) is 13.8. The van der Waals surface area contributed by atoms with Gasteiger partial charge in [-0.1, -0.05) is 62.6 Å². The average molecular weight is 302 g/mol. The lowest BCUT2D eigenvalue weighted by Crippen LogP contribution is -2.42. The van der Waals surface area contributed by atoms with Gasteiger partial charge in [0.05, 0.1) is 10.9 Å². The van der Waals surface area contributed by atoms with Gasteiger partial charge in [0.15, 0.2) is 12.7 Å². The highest BCUT2D eigenvalue weighted by Crippen LogP contribution is 2.37. The molecule has 0 saturated heterocycles. The van der Waals surface area contributed by atoms with Crippen LogP contribution in [0.1, 0.15) is 44.1 Å². The summed E-state index contributed by atoms with van der Waals surface area (Å²) in [6.07, 6.45) is 7.54. The number of aromatic nitrogens is 1. The van der Waals surface area contributed by atoms with Crippen LogP contribution < -0.4 is 4.57 Å². The van der Waals surface area contributed by atoms with Crippen molar-refractivity contribution >= 4 is 10.8 Å². The third-order valence-electron chi connectivity index (χ3n) is 5.17. The third kappa shape index (κ3) is 2.55. The molecule has 0 aliphatic carbocycles. The smallest absolute Gasteiger partial charge is 0.197 e. The first-order valence-corrected chi connectivity index (χ1v) is 8.89. The molecule has 0 fully saturated rings. The monoisotopic (exact) mass is 302 g/mol. The van der Waals surface area contributed by atoms with Crippen molar-refractivity contribution in [2.75, 3.05) is 0 Å². The lowest BCUT2D eigenvalue weighted by atomic mass is 9.84. The molecule has 1 nitrogen and oxygen atoms in total. The SMILES string of the molecule is CCCCCC1C[n+]2ccc3ccccc3c2-c2ccccc21. The first kappa shape index (κ1) is 14.4. The topological polar surface area (TPSA) is 3.88 Å². The molecular weight excluding hydrogens is 278 g/mol. The van der Waals surface area contributed by atoms with Crippen LogP contribution in [0, 0.1) is 0 Å². The van der Waals surface area contributed by atoms with Gasteiger partial charge in [-0.3, -0.25) is 0 Å². The second-order valence-corrected chi connectivity index (χ2v) is 6.68. The number of rotatable bonds is 4. The molecule has 1 aromatic heterocycles. The van der Waals surface area contributed by atoms with E-state index in [0.29, 0.717) is 5.92 Å². The van der Waals surface area contributed by atoms with Gasteiger partial charge in [-0.25, -0.2) is 0 Å². The molecule has 0 amide bonds. The molecule has 1 heteroatoms. The Hall–Kier alpha value is -2.15. The van der Waals surface area contributed by atoms with Gasteiger partial charge in [0.1, 0.15) is 0 Å². The number of pyridine rings is 1. The summed E-state index contributed by atoms with van der Waals surface area (Å²) >= 11 is 0. The molecule has 0 saturated carbocycles. The van der Waals surface area contributed by atoms with E-state index in [1.165, 1.54) is 47.7 Å². The highest BCUT2D eigenvalue weighted by atomic mass is 15.0. The second kappa shape index (κ2) is 6.16. The zero-order chi connectivity index (χ0) is 15.6. The Morgan fingerprint density at radius 3 is 2.70 bits per heavy atom. The molecule has 0 bridgehead atoms. The number of unbranched alkanes of at least 4 members (excludes halogenated alkanes) is 2. The minimum atomic E-state index is 0.649. The Morgan fingerprint density at radius 1 is 0.957 bits per heavy atom. The van der Waals surface area contributed by atoms with Crippen molar-refractivity contribution in [3.63, 3.8) is 0 Å². The summed E-state index contributed by atoms with van der Waals surface area (Å²) in [6, 6.07) is 20.0. The summed E-state index contributed by atoms with van der Waals surface area (Å²) in [5.41, 5.74) is 4.36. The summed E-state index contributed by atoms with van der Waals surface area (Å²) in [6.45, 7) is 3.39. The van der Waals surface area contributed by atoms with Crippen LogP contribution in [0.3, 0.4) is 0 Å². The van der Waals surface area contributed by atoms with Crippen LogP contribution in [-0.2, 0) is 6.54 Å². The predicted octanol–water partition coefficient (Wildman–Crippen LogP) is 5.47. The van der Waals surface area contributed by atoms with Crippen LogP contribution in [-0.4, -0.2) is 0 Å². The van der Waals surface area contributed by atoms with Crippen LogP contribution in [0.25, 0.3) is 22.0 Å². The van der Waals surface area contributed by atoms with Gasteiger partial charge in [0, 0.05) is 12.0 Å². The van der Waals surface area contributed by atoms with Gasteiger partial charge in [-0.2, -0.15) is 4.57 Å². The fourth-order valence-corrected chi connectivity index (χ4v) is 4.00. The first-order chi connectivity index (χ1) is 11.4. The normalized spacial score (nSPS) is 16.1. The van der Waals surface area contributed by atoms with Crippen molar-refractivity contribution < 1.29 is 4.57 Å². The number of benzene rings is 2. The maximum absolute atomic E-state index is 2.47. The lowest BCUT2D eigenvalue weighted by molar-refractivity contribution is -0.690. The van der Waals surface area contributed by atoms with Crippen LogP contribution in [0.2, 0.25) is 0 Å². The van der Waals surface area contributed by atoms with E-state index in [2.05, 4.69) is 72.3 Å². The van der Waals surface area contributed by atoms with Crippen LogP contribution in [0.4, 0.5) is 0 Å². The molecular formula is C22H24N+. The molecule has 1 atom stereocenters. The number of hydrogen-bond donors (Lipinski definition) is 0. The number of hydrogen-bond acceptors (Lipinski definition) is 0. The standard InChI is InChI=1S/C22H24N/c1-2-3-4-10-18-16-23-15-14-17-9-5-6-12-20(17)22(23)21-13-8-7-11-19(18)21/h5-9,11-15,18H,2-4,10,16H2,1H3/q+1. The minimum absolute atomic E-state index is 0.649. The maximum Gasteiger partial charge on any atom is 0.220 e. The summed E-state index contributed by atoms with van der Waals surface area (Å²) < 4.78 is 2.47.